The molecule has 290 valence electrons. The van der Waals surface area contributed by atoms with Gasteiger partial charge in [-0.15, -0.1) is 0 Å². The number of rotatable bonds is 15. The molecule has 4 aromatic rings. The van der Waals surface area contributed by atoms with E-state index in [1.54, 1.807) is 14.2 Å². The average molecular weight is 780 g/mol. The molecule has 4 N–H and O–H groups in total. The Morgan fingerprint density at radius 1 is 0.611 bits per heavy atom. The number of aromatic nitrogens is 2. The number of pyridine rings is 2. The molecule has 2 fully saturated rings. The SMILES string of the molecule is COc1nc(OCc2cccc(-c3cccc(COc4nc(OC)c(CN[C@H]5CCCC[C@@H]5O)cc4Cl)c3C)c2C)c(Cl)cc1CN[C@H]1CCCC[C@@H]1O. The zero-order valence-corrected chi connectivity index (χ0v) is 33.1. The fraction of sp³-hybridized carbons (Fsp3) is 0.476. The molecule has 54 heavy (non-hydrogen) atoms. The number of ether oxygens (including phenoxy) is 4. The summed E-state index contributed by atoms with van der Waals surface area (Å²) >= 11 is 13.3. The number of hydrogen-bond acceptors (Lipinski definition) is 10. The largest absolute Gasteiger partial charge is 0.481 e. The number of hydrogen-bond donors (Lipinski definition) is 4. The Kier molecular flexibility index (Phi) is 13.9. The summed E-state index contributed by atoms with van der Waals surface area (Å²) < 4.78 is 23.6. The van der Waals surface area contributed by atoms with E-state index in [0.717, 1.165) is 95.9 Å². The smallest absolute Gasteiger partial charge is 0.236 e. The standard InChI is InChI=1S/C42H52Cl2N4O6/c1-25-27(23-53-41-33(43)19-29(39(47-41)51-3)21-45-35-15-5-7-17-37(35)49)11-9-13-31(25)32-14-10-12-28(26(32)2)24-54-42-34(44)20-30(40(48-42)52-4)22-46-36-16-6-8-18-38(36)50/h9-14,19-20,35-38,45-46,49-50H,5-8,15-18,21-24H2,1-4H3/t35-,36-,37-,38-/m0/s1. The highest BCUT2D eigenvalue weighted by Crippen LogP contribution is 2.35. The van der Waals surface area contributed by atoms with Crippen molar-refractivity contribution in [3.8, 4) is 34.6 Å². The van der Waals surface area contributed by atoms with Crippen molar-refractivity contribution in [3.63, 3.8) is 0 Å². The first kappa shape index (κ1) is 40.0. The first-order valence-corrected chi connectivity index (χ1v) is 19.6. The van der Waals surface area contributed by atoms with Gasteiger partial charge in [-0.05, 0) is 85.0 Å². The molecular formula is C42H52Cl2N4O6. The van der Waals surface area contributed by atoms with Gasteiger partial charge in [-0.1, -0.05) is 85.3 Å². The molecule has 2 aromatic carbocycles. The monoisotopic (exact) mass is 778 g/mol. The summed E-state index contributed by atoms with van der Waals surface area (Å²) in [5.74, 6) is 1.47. The molecule has 0 spiro atoms. The Labute approximate surface area is 328 Å². The van der Waals surface area contributed by atoms with Crippen molar-refractivity contribution in [1.82, 2.24) is 20.6 Å². The molecule has 2 saturated carbocycles. The summed E-state index contributed by atoms with van der Waals surface area (Å²) in [4.78, 5) is 9.19. The van der Waals surface area contributed by atoms with Gasteiger partial charge in [0, 0.05) is 36.3 Å². The molecule has 6 rings (SSSR count). The third kappa shape index (κ3) is 9.59. The van der Waals surface area contributed by atoms with Gasteiger partial charge in [-0.3, -0.25) is 0 Å². The Morgan fingerprint density at radius 2 is 1.02 bits per heavy atom. The quantitative estimate of drug-likeness (QED) is 0.0943. The summed E-state index contributed by atoms with van der Waals surface area (Å²) in [7, 11) is 3.16. The van der Waals surface area contributed by atoms with Gasteiger partial charge >= 0.3 is 0 Å². The van der Waals surface area contributed by atoms with E-state index < -0.39 is 0 Å². The molecule has 0 radical (unpaired) electrons. The number of aliphatic hydroxyl groups is 2. The van der Waals surface area contributed by atoms with E-state index in [0.29, 0.717) is 46.7 Å². The van der Waals surface area contributed by atoms with Gasteiger partial charge in [-0.2, -0.15) is 9.97 Å². The first-order valence-electron chi connectivity index (χ1n) is 18.9. The molecule has 10 nitrogen and oxygen atoms in total. The van der Waals surface area contributed by atoms with Crippen LogP contribution in [0.3, 0.4) is 0 Å². The Balaban J connectivity index is 1.12. The molecule has 0 saturated heterocycles. The van der Waals surface area contributed by atoms with Gasteiger partial charge in [0.15, 0.2) is 0 Å². The van der Waals surface area contributed by atoms with Crippen molar-refractivity contribution in [2.45, 2.75) is 116 Å². The lowest BCUT2D eigenvalue weighted by atomic mass is 9.92. The van der Waals surface area contributed by atoms with Crippen LogP contribution >= 0.6 is 23.2 Å². The second-order valence-corrected chi connectivity index (χ2v) is 15.1. The number of halogens is 2. The van der Waals surface area contributed by atoms with Crippen LogP contribution in [0.25, 0.3) is 11.1 Å². The maximum Gasteiger partial charge on any atom is 0.236 e. The van der Waals surface area contributed by atoms with E-state index in [1.165, 1.54) is 0 Å². The van der Waals surface area contributed by atoms with E-state index >= 15 is 0 Å². The Morgan fingerprint density at radius 3 is 1.41 bits per heavy atom. The van der Waals surface area contributed by atoms with Crippen LogP contribution in [0.5, 0.6) is 23.5 Å². The molecule has 12 heteroatoms. The fourth-order valence-electron chi connectivity index (χ4n) is 7.53. The van der Waals surface area contributed by atoms with Gasteiger partial charge in [0.1, 0.15) is 23.3 Å². The highest BCUT2D eigenvalue weighted by atomic mass is 35.5. The average Bonchev–Trinajstić information content (AvgIpc) is 3.17. The highest BCUT2D eigenvalue weighted by Gasteiger charge is 2.25. The zero-order chi connectivity index (χ0) is 38.2. The van der Waals surface area contributed by atoms with E-state index in [9.17, 15) is 10.2 Å². The lowest BCUT2D eigenvalue weighted by Gasteiger charge is -2.28. The second-order valence-electron chi connectivity index (χ2n) is 14.3. The van der Waals surface area contributed by atoms with Crippen molar-refractivity contribution in [2.75, 3.05) is 14.2 Å². The zero-order valence-electron chi connectivity index (χ0n) is 31.6. The summed E-state index contributed by atoms with van der Waals surface area (Å²) in [6.45, 7) is 5.67. The van der Waals surface area contributed by atoms with E-state index in [1.807, 2.05) is 36.4 Å². The number of aliphatic hydroxyl groups excluding tert-OH is 2. The highest BCUT2D eigenvalue weighted by molar-refractivity contribution is 6.32. The van der Waals surface area contributed by atoms with E-state index in [-0.39, 0.29) is 37.5 Å². The van der Waals surface area contributed by atoms with Crippen molar-refractivity contribution in [1.29, 1.82) is 0 Å². The lowest BCUT2D eigenvalue weighted by Crippen LogP contribution is -2.41. The first-order chi connectivity index (χ1) is 26.2. The van der Waals surface area contributed by atoms with Crippen LogP contribution in [-0.2, 0) is 26.3 Å². The Hall–Kier alpha value is -3.64. The maximum atomic E-state index is 10.4. The third-order valence-electron chi connectivity index (χ3n) is 10.8. The van der Waals surface area contributed by atoms with Gasteiger partial charge in [0.25, 0.3) is 0 Å². The summed E-state index contributed by atoms with van der Waals surface area (Å²) in [5, 5.41) is 28.4. The van der Waals surface area contributed by atoms with Crippen LogP contribution in [0.2, 0.25) is 10.0 Å². The molecule has 0 aliphatic heterocycles. The molecule has 0 amide bonds. The molecule has 0 bridgehead atoms. The second kappa shape index (κ2) is 18.8. The normalized spacial score (nSPS) is 20.1. The van der Waals surface area contributed by atoms with Gasteiger partial charge in [0.2, 0.25) is 23.5 Å². The van der Waals surface area contributed by atoms with E-state index in [2.05, 4.69) is 46.6 Å². The van der Waals surface area contributed by atoms with Gasteiger partial charge in [-0.25, -0.2) is 0 Å². The van der Waals surface area contributed by atoms with Crippen molar-refractivity contribution < 1.29 is 29.2 Å². The maximum absolute atomic E-state index is 10.4. The van der Waals surface area contributed by atoms with Crippen LogP contribution in [-0.4, -0.2) is 58.7 Å². The van der Waals surface area contributed by atoms with E-state index in [4.69, 9.17) is 42.1 Å². The number of benzene rings is 2. The lowest BCUT2D eigenvalue weighted by molar-refractivity contribution is 0.0899. The topological polar surface area (TPSA) is 127 Å². The summed E-state index contributed by atoms with van der Waals surface area (Å²) in [6, 6.07) is 16.1. The van der Waals surface area contributed by atoms with Crippen molar-refractivity contribution >= 4 is 23.2 Å². The molecule has 0 unspecified atom stereocenters. The minimum atomic E-state index is -0.352. The molecular weight excluding hydrogens is 727 g/mol. The molecule has 2 heterocycles. The van der Waals surface area contributed by atoms with Crippen LogP contribution in [0.1, 0.15) is 84.7 Å². The van der Waals surface area contributed by atoms with Crippen molar-refractivity contribution in [2.24, 2.45) is 0 Å². The predicted octanol–water partition coefficient (Wildman–Crippen LogP) is 8.03. The Bertz CT molecular complexity index is 1760. The number of nitrogens with zero attached hydrogens (tertiary/aromatic N) is 2. The van der Waals surface area contributed by atoms with Crippen LogP contribution in [0.4, 0.5) is 0 Å². The van der Waals surface area contributed by atoms with Crippen molar-refractivity contribution in [3.05, 3.63) is 92.0 Å². The summed E-state index contributed by atoms with van der Waals surface area (Å²) in [6.07, 6.45) is 7.10. The van der Waals surface area contributed by atoms with Gasteiger partial charge < -0.3 is 39.8 Å². The number of nitrogens with one attached hydrogen (secondary N) is 2. The van der Waals surface area contributed by atoms with Gasteiger partial charge in [0.05, 0.1) is 26.4 Å². The summed E-state index contributed by atoms with van der Waals surface area (Å²) in [5.41, 5.74) is 7.93. The molecule has 2 aromatic heterocycles. The predicted molar refractivity (Wildman–Crippen MR) is 212 cm³/mol. The molecule has 4 atom stereocenters. The van der Waals surface area contributed by atoms with Crippen LogP contribution in [0.15, 0.2) is 48.5 Å². The minimum absolute atomic E-state index is 0.0401. The van der Waals surface area contributed by atoms with Crippen LogP contribution in [0, 0.1) is 13.8 Å². The molecule has 2 aliphatic carbocycles. The molecule has 2 aliphatic rings. The third-order valence-corrected chi connectivity index (χ3v) is 11.4. The fourth-order valence-corrected chi connectivity index (χ4v) is 7.99. The number of methoxy groups -OCH3 is 2. The minimum Gasteiger partial charge on any atom is -0.481 e. The van der Waals surface area contributed by atoms with Crippen LogP contribution < -0.4 is 29.6 Å².